The number of H-pyrrole nitrogens is 1. The number of amides is 3. The number of aromatic nitrogens is 13. The van der Waals surface area contributed by atoms with Gasteiger partial charge in [-0.1, -0.05) is 171 Å². The number of hydrogen-bond acceptors (Lipinski definition) is 19. The maximum absolute atomic E-state index is 16.3. The monoisotopic (exact) mass is 1810 g/mol. The summed E-state index contributed by atoms with van der Waals surface area (Å²) in [6, 6.07) is 32.7. The van der Waals surface area contributed by atoms with Gasteiger partial charge in [-0.2, -0.15) is 20.1 Å². The van der Waals surface area contributed by atoms with E-state index < -0.39 is 35.8 Å². The van der Waals surface area contributed by atoms with Crippen LogP contribution >= 0.6 is 30.3 Å². The number of aromatic amines is 1. The molecule has 0 saturated carbocycles. The summed E-state index contributed by atoms with van der Waals surface area (Å²) >= 11 is 13.9. The van der Waals surface area contributed by atoms with Crippen LogP contribution < -0.4 is 37.1 Å². The number of fused-ring (bicyclic) bond motifs is 4. The molecule has 12 heterocycles. The Morgan fingerprint density at radius 3 is 1.24 bits per heavy atom. The van der Waals surface area contributed by atoms with Crippen molar-refractivity contribution in [1.82, 2.24) is 78.5 Å². The summed E-state index contributed by atoms with van der Waals surface area (Å²) in [6.07, 6.45) is 9.15. The number of halogens is 4. The van der Waals surface area contributed by atoms with E-state index in [2.05, 4.69) is 87.4 Å². The van der Waals surface area contributed by atoms with Crippen molar-refractivity contribution in [1.29, 1.82) is 0 Å². The molecule has 3 aliphatic heterocycles. The number of piperazine rings is 3. The van der Waals surface area contributed by atoms with Crippen LogP contribution in [0.15, 0.2) is 186 Å². The first-order valence-corrected chi connectivity index (χ1v) is 47.0. The molecule has 674 valence electrons. The minimum atomic E-state index is -2.82. The first-order valence-electron chi connectivity index (χ1n) is 43.6. The van der Waals surface area contributed by atoms with Crippen molar-refractivity contribution in [3.8, 4) is 50.8 Å². The molecule has 0 radical (unpaired) electrons. The van der Waals surface area contributed by atoms with Crippen molar-refractivity contribution in [2.75, 3.05) is 67.3 Å². The lowest BCUT2D eigenvalue weighted by Crippen LogP contribution is -2.58. The third-order valence-electron chi connectivity index (χ3n) is 24.6. The molecule has 9 aromatic heterocycles. The Balaban J connectivity index is 0.000000157. The fraction of sp³-hybridized carbons (Fsp3) is 0.343. The van der Waals surface area contributed by atoms with Crippen molar-refractivity contribution in [3.05, 3.63) is 259 Å². The lowest BCUT2D eigenvalue weighted by Gasteiger charge is -2.44. The molecule has 130 heavy (non-hydrogen) atoms. The fourth-order valence-corrected chi connectivity index (χ4v) is 19.7. The Hall–Kier alpha value is -12.8. The van der Waals surface area contributed by atoms with Crippen molar-refractivity contribution in [2.24, 2.45) is 0 Å². The zero-order valence-electron chi connectivity index (χ0n) is 76.4. The van der Waals surface area contributed by atoms with Crippen molar-refractivity contribution in [3.63, 3.8) is 0 Å². The molecule has 0 spiro atoms. The number of nitrogens with zero attached hydrogens (tertiary/aromatic N) is 18. The average Bonchev–Trinajstić information content (AvgIpc) is 0.843. The molecule has 1 N–H and O–H groups in total. The van der Waals surface area contributed by atoms with E-state index in [-0.39, 0.29) is 105 Å². The summed E-state index contributed by atoms with van der Waals surface area (Å²) < 4.78 is 49.1. The Bertz CT molecular complexity index is 6920. The fourth-order valence-electron chi connectivity index (χ4n) is 18.0. The zero-order valence-corrected chi connectivity index (χ0v) is 78.8. The van der Waals surface area contributed by atoms with Crippen LogP contribution in [0.25, 0.3) is 94.8 Å². The van der Waals surface area contributed by atoms with E-state index >= 15 is 8.78 Å². The number of hydrogen-bond donors (Lipinski definition) is 1. The third-order valence-corrected chi connectivity index (χ3v) is 26.7. The molecule has 6 unspecified atom stereocenters. The standard InChI is InChI=1S/C34H37ClFN5O2.C33H38FN6O3P.C32H33ClN8O2/c1-8-29(42)39-17-22(7)40(18-21(39)6)32-26-16-27(35)30(25-12-9-10-15-28(25)36)37-33(26)41(34(43)38-32)31-23(19(2)3)13-11-14-24(31)20(4)5;1-9-27(41)38-17-22(6)39(18-21(38)5)31-24-16-25(34)29(23-12-10-11-13-26(23)44(7,8)43)36-32(24)40(33(42)37-31)30-20(4)14-15-35-28(30)19(2)3;1-7-25(42)39-15-20(6)40(16-19(39)5)30-23-13-24(33)28(22-10-8-9-21-14-35-38-27(21)22)36-31(23)41(32(43)37-30)29-18(4)11-12-34-26(29)17(2)3/h8-16,19-22H,1,17-18H2,2-7H3;9-16,19,21-22H,1,17-18H2,2-8H3;7-14,17,19-20H,1,15-16H2,2-6H3,(H,35,38). The minimum Gasteiger partial charge on any atom is -0.349 e. The predicted octanol–water partition coefficient (Wildman–Crippen LogP) is 17.8. The largest absolute Gasteiger partial charge is 0.355 e. The quantitative estimate of drug-likeness (QED) is 0.0654. The van der Waals surface area contributed by atoms with Gasteiger partial charge in [0.2, 0.25) is 17.7 Å². The van der Waals surface area contributed by atoms with Gasteiger partial charge in [-0.3, -0.25) is 29.5 Å². The highest BCUT2D eigenvalue weighted by atomic mass is 35.5. The Kier molecular flexibility index (Phi) is 27.1. The second kappa shape index (κ2) is 37.7. The van der Waals surface area contributed by atoms with E-state index in [1.54, 1.807) is 104 Å². The smallest absolute Gasteiger partial charge is 0.349 e. The number of nitrogens with one attached hydrogen (secondary N) is 1. The van der Waals surface area contributed by atoms with Gasteiger partial charge in [0.25, 0.3) is 0 Å². The van der Waals surface area contributed by atoms with Gasteiger partial charge in [0.15, 0.2) is 16.9 Å². The number of para-hydroxylation sites is 2. The minimum absolute atomic E-state index is 0.00205. The van der Waals surface area contributed by atoms with Gasteiger partial charge in [-0.25, -0.2) is 51.8 Å². The number of carbonyl (C=O) groups excluding carboxylic acids is 3. The second-order valence-corrected chi connectivity index (χ2v) is 39.5. The third kappa shape index (κ3) is 17.7. The Morgan fingerprint density at radius 2 is 0.831 bits per heavy atom. The molecule has 31 heteroatoms. The van der Waals surface area contributed by atoms with Crippen LogP contribution in [0.5, 0.6) is 0 Å². The molecular formula is C99H108Cl2F2N19O7P. The molecule has 4 aromatic carbocycles. The van der Waals surface area contributed by atoms with Gasteiger partial charge in [-0.05, 0) is 175 Å². The summed E-state index contributed by atoms with van der Waals surface area (Å²) in [5.41, 5.74) is 9.45. The Labute approximate surface area is 763 Å². The molecule has 0 aliphatic carbocycles. The van der Waals surface area contributed by atoms with Crippen LogP contribution in [-0.2, 0) is 18.9 Å². The number of pyridine rings is 5. The van der Waals surface area contributed by atoms with Gasteiger partial charge in [0.05, 0.1) is 77.8 Å². The lowest BCUT2D eigenvalue weighted by atomic mass is 9.92. The molecule has 0 bridgehead atoms. The van der Waals surface area contributed by atoms with Gasteiger partial charge in [0, 0.05) is 115 Å². The van der Waals surface area contributed by atoms with E-state index in [9.17, 15) is 33.3 Å². The molecule has 6 atom stereocenters. The number of carbonyl (C=O) groups is 3. The van der Waals surface area contributed by atoms with E-state index in [4.69, 9.17) is 38.2 Å². The van der Waals surface area contributed by atoms with Gasteiger partial charge in [0.1, 0.15) is 41.9 Å². The molecule has 16 rings (SSSR count). The molecule has 3 saturated heterocycles. The highest BCUT2D eigenvalue weighted by molar-refractivity contribution is 7.70. The zero-order chi connectivity index (χ0) is 93.8. The average molecular weight is 1820 g/mol. The molecule has 3 fully saturated rings. The molecule has 3 aliphatic rings. The SMILES string of the molecule is C=CC(=O)N1CC(C)N(c2nc(=O)n(-c3c(C(C)C)cccc3C(C)C)c3nc(-c4ccccc4F)c(Cl)cc23)CC1C.C=CC(=O)N1CC(C)N(c2nc(=O)n(-c3c(C)ccnc3C(C)C)c3nc(-c4cccc5cn[nH]c45)c(Cl)cc23)CC1C.C=CC(=O)N1CC(C)N(c2nc(=O)n(-c3c(C)ccnc3C(C)C)c3nc(-c4ccccc4P(C)(C)=O)c(F)cc23)CC1C. The highest BCUT2D eigenvalue weighted by Gasteiger charge is 2.40. The molecule has 3 amide bonds. The molecule has 26 nitrogen and oxygen atoms in total. The second-order valence-electron chi connectivity index (χ2n) is 35.5. The Morgan fingerprint density at radius 1 is 0.454 bits per heavy atom. The maximum Gasteiger partial charge on any atom is 0.355 e. The van der Waals surface area contributed by atoms with Crippen LogP contribution in [0.4, 0.5) is 26.2 Å². The topological polar surface area (TPSA) is 286 Å². The van der Waals surface area contributed by atoms with E-state index in [1.165, 1.54) is 34.9 Å². The van der Waals surface area contributed by atoms with Crippen molar-refractivity contribution < 1.29 is 27.7 Å². The summed E-state index contributed by atoms with van der Waals surface area (Å²) in [6.45, 7) is 48.8. The molecule has 13 aromatic rings. The van der Waals surface area contributed by atoms with Crippen molar-refractivity contribution in [2.45, 2.75) is 171 Å². The first-order chi connectivity index (χ1) is 61.8. The van der Waals surface area contributed by atoms with E-state index in [0.717, 1.165) is 50.1 Å². The van der Waals surface area contributed by atoms with Crippen molar-refractivity contribution >= 4 is 115 Å². The van der Waals surface area contributed by atoms with Gasteiger partial charge in [-0.15, -0.1) is 0 Å². The number of rotatable bonds is 17. The van der Waals surface area contributed by atoms with E-state index in [1.807, 2.05) is 147 Å². The van der Waals surface area contributed by atoms with Crippen LogP contribution in [0.1, 0.15) is 154 Å². The van der Waals surface area contributed by atoms with Gasteiger partial charge >= 0.3 is 17.1 Å². The lowest BCUT2D eigenvalue weighted by molar-refractivity contribution is -0.129. The number of anilines is 3. The van der Waals surface area contributed by atoms with Crippen LogP contribution in [0.2, 0.25) is 10.0 Å². The summed E-state index contributed by atoms with van der Waals surface area (Å²) in [4.78, 5) is 129. The maximum atomic E-state index is 16.3. The number of aryl methyl sites for hydroxylation is 2. The van der Waals surface area contributed by atoms with Crippen LogP contribution in [0.3, 0.4) is 0 Å². The van der Waals surface area contributed by atoms with Crippen LogP contribution in [-0.4, -0.2) is 185 Å². The first kappa shape index (κ1) is 93.4. The summed E-state index contributed by atoms with van der Waals surface area (Å²) in [5, 5.41) is 10.9. The normalized spacial score (nSPS) is 17.3. The predicted molar refractivity (Wildman–Crippen MR) is 516 cm³/mol. The molecular weight excluding hydrogens is 1710 g/mol. The van der Waals surface area contributed by atoms with Gasteiger partial charge < -0.3 is 34.0 Å². The number of benzene rings is 4. The van der Waals surface area contributed by atoms with Crippen LogP contribution in [0, 0.1) is 25.5 Å². The summed E-state index contributed by atoms with van der Waals surface area (Å²) in [5.74, 6) is -0.106. The summed E-state index contributed by atoms with van der Waals surface area (Å²) in [7, 11) is -2.82. The highest BCUT2D eigenvalue weighted by Crippen LogP contribution is 2.44. The van der Waals surface area contributed by atoms with E-state index in [0.29, 0.717) is 123 Å².